The van der Waals surface area contributed by atoms with E-state index in [9.17, 15) is 18.0 Å². The predicted octanol–water partition coefficient (Wildman–Crippen LogP) is 4.03. The lowest BCUT2D eigenvalue weighted by molar-refractivity contribution is 0.00620. The third kappa shape index (κ3) is 6.13. The molecule has 38 heavy (non-hydrogen) atoms. The first kappa shape index (κ1) is 26.1. The lowest BCUT2D eigenvalue weighted by Gasteiger charge is -2.29. The normalized spacial score (nSPS) is 21.4. The van der Waals surface area contributed by atoms with Crippen molar-refractivity contribution in [2.24, 2.45) is 0 Å². The zero-order chi connectivity index (χ0) is 26.7. The van der Waals surface area contributed by atoms with Crippen LogP contribution in [-0.4, -0.2) is 75.1 Å². The Labute approximate surface area is 218 Å². The van der Waals surface area contributed by atoms with Crippen LogP contribution in [0.2, 0.25) is 0 Å². The van der Waals surface area contributed by atoms with Crippen LogP contribution in [0.1, 0.15) is 42.6 Å². The summed E-state index contributed by atoms with van der Waals surface area (Å²) in [6.45, 7) is 3.36. The number of aromatic nitrogens is 4. The number of ether oxygens (including phenoxy) is 1. The van der Waals surface area contributed by atoms with Gasteiger partial charge in [0.25, 0.3) is 11.8 Å². The smallest absolute Gasteiger partial charge is 0.261 e. The minimum absolute atomic E-state index is 0.111. The molecule has 0 bridgehead atoms. The third-order valence-electron chi connectivity index (χ3n) is 6.87. The van der Waals surface area contributed by atoms with Crippen LogP contribution in [-0.2, 0) is 4.74 Å². The summed E-state index contributed by atoms with van der Waals surface area (Å²) in [5.41, 5.74) is 1.76. The first-order chi connectivity index (χ1) is 18.3. The Morgan fingerprint density at radius 2 is 2.05 bits per heavy atom. The predicted molar refractivity (Wildman–Crippen MR) is 135 cm³/mol. The second kappa shape index (κ2) is 11.1. The number of rotatable bonds is 8. The molecular weight excluding hydrogens is 499 g/mol. The van der Waals surface area contributed by atoms with E-state index in [1.807, 2.05) is 11.5 Å². The number of carbonyl (C=O) groups excluding carboxylic acids is 1. The summed E-state index contributed by atoms with van der Waals surface area (Å²) in [7, 11) is 0. The fourth-order valence-electron chi connectivity index (χ4n) is 4.87. The van der Waals surface area contributed by atoms with Crippen molar-refractivity contribution in [1.29, 1.82) is 0 Å². The number of nitrogens with one attached hydrogen (secondary N) is 2. The number of carbonyl (C=O) groups is 1. The molecule has 2 aliphatic heterocycles. The van der Waals surface area contributed by atoms with E-state index in [-0.39, 0.29) is 49.2 Å². The van der Waals surface area contributed by atoms with Crippen molar-refractivity contribution in [3.05, 3.63) is 54.4 Å². The van der Waals surface area contributed by atoms with E-state index in [0.717, 1.165) is 19.0 Å². The van der Waals surface area contributed by atoms with E-state index in [2.05, 4.69) is 25.6 Å². The maximum Gasteiger partial charge on any atom is 0.261 e. The summed E-state index contributed by atoms with van der Waals surface area (Å²) in [6, 6.07) is 6.78. The molecule has 0 saturated carbocycles. The maximum atomic E-state index is 14.8. The largest absolute Gasteiger partial charge is 0.378 e. The number of hydrogen-bond acceptors (Lipinski definition) is 7. The van der Waals surface area contributed by atoms with Gasteiger partial charge in [-0.1, -0.05) is 0 Å². The Morgan fingerprint density at radius 3 is 2.79 bits per heavy atom. The molecule has 2 atom stereocenters. The van der Waals surface area contributed by atoms with Crippen LogP contribution in [0, 0.1) is 5.82 Å². The minimum atomic E-state index is -2.65. The van der Waals surface area contributed by atoms with Gasteiger partial charge in [0.05, 0.1) is 37.1 Å². The van der Waals surface area contributed by atoms with Gasteiger partial charge in [-0.15, -0.1) is 0 Å². The van der Waals surface area contributed by atoms with Crippen molar-refractivity contribution >= 4 is 17.5 Å². The summed E-state index contributed by atoms with van der Waals surface area (Å²) in [5, 5.41) is 5.80. The van der Waals surface area contributed by atoms with Gasteiger partial charge in [0.15, 0.2) is 5.82 Å². The monoisotopic (exact) mass is 529 g/mol. The van der Waals surface area contributed by atoms with Crippen molar-refractivity contribution in [3.8, 4) is 11.4 Å². The number of likely N-dealkylation sites (tertiary alicyclic amines) is 1. The van der Waals surface area contributed by atoms with Crippen molar-refractivity contribution in [2.75, 3.05) is 38.1 Å². The van der Waals surface area contributed by atoms with Gasteiger partial charge in [0, 0.05) is 50.0 Å². The van der Waals surface area contributed by atoms with E-state index in [1.165, 1.54) is 0 Å². The molecule has 2 fully saturated rings. The summed E-state index contributed by atoms with van der Waals surface area (Å²) in [6.07, 6.45) is 5.98. The number of nitrogens with zero attached hydrogens (tertiary/aromatic N) is 5. The van der Waals surface area contributed by atoms with Crippen LogP contribution in [0.25, 0.3) is 11.4 Å². The van der Waals surface area contributed by atoms with Crippen molar-refractivity contribution in [2.45, 2.75) is 44.3 Å². The zero-order valence-electron chi connectivity index (χ0n) is 21.0. The number of imidazole rings is 1. The van der Waals surface area contributed by atoms with E-state index >= 15 is 0 Å². The highest BCUT2D eigenvalue weighted by molar-refractivity contribution is 5.94. The molecule has 1 aromatic carbocycles. The van der Waals surface area contributed by atoms with Gasteiger partial charge in [-0.05, 0) is 44.0 Å². The third-order valence-corrected chi connectivity index (χ3v) is 6.87. The number of alkyl halides is 2. The molecule has 12 heteroatoms. The van der Waals surface area contributed by atoms with E-state index < -0.39 is 11.7 Å². The van der Waals surface area contributed by atoms with Gasteiger partial charge < -0.3 is 19.9 Å². The summed E-state index contributed by atoms with van der Waals surface area (Å²) >= 11 is 0. The molecule has 2 aromatic heterocycles. The molecule has 2 saturated heterocycles. The van der Waals surface area contributed by atoms with Crippen LogP contribution in [0.3, 0.4) is 0 Å². The standard InChI is InChI=1S/C26H30F3N7O2/c1-17-12-20(6-11-38-17)36-16-30-14-22(36)23-21(27)13-32-25(34-23)33-19-4-2-18(3-5-19)24(37)31-8-10-35-9-7-26(28,29)15-35/h2-5,13-14,16-17,20H,6-12,15H2,1H3,(H,31,37)(H,32,33,34). The van der Waals surface area contributed by atoms with Gasteiger partial charge >= 0.3 is 0 Å². The van der Waals surface area contributed by atoms with Gasteiger partial charge in [-0.2, -0.15) is 0 Å². The molecule has 2 unspecified atom stereocenters. The van der Waals surface area contributed by atoms with Crippen molar-refractivity contribution in [3.63, 3.8) is 0 Å². The molecule has 2 aliphatic rings. The highest BCUT2D eigenvalue weighted by Gasteiger charge is 2.37. The second-order valence-corrected chi connectivity index (χ2v) is 9.78. The van der Waals surface area contributed by atoms with Gasteiger partial charge in [0.2, 0.25) is 5.95 Å². The first-order valence-electron chi connectivity index (χ1n) is 12.7. The average Bonchev–Trinajstić information content (AvgIpc) is 3.52. The maximum absolute atomic E-state index is 14.8. The Bertz CT molecular complexity index is 1270. The molecule has 0 radical (unpaired) electrons. The lowest BCUT2D eigenvalue weighted by atomic mass is 10.0. The van der Waals surface area contributed by atoms with Crippen LogP contribution in [0.5, 0.6) is 0 Å². The molecule has 1 amide bonds. The Kier molecular flexibility index (Phi) is 7.61. The van der Waals surface area contributed by atoms with Gasteiger partial charge in [-0.25, -0.2) is 28.1 Å². The number of anilines is 2. The molecule has 202 valence electrons. The highest BCUT2D eigenvalue weighted by Crippen LogP contribution is 2.31. The quantitative estimate of drug-likeness (QED) is 0.455. The molecule has 0 spiro atoms. The molecule has 2 N–H and O–H groups in total. The molecule has 4 heterocycles. The zero-order valence-corrected chi connectivity index (χ0v) is 21.0. The van der Waals surface area contributed by atoms with Crippen molar-refractivity contribution in [1.82, 2.24) is 29.7 Å². The summed E-state index contributed by atoms with van der Waals surface area (Å²) in [5.74, 6) is -3.29. The Balaban J connectivity index is 1.21. The lowest BCUT2D eigenvalue weighted by Crippen LogP contribution is -2.35. The van der Waals surface area contributed by atoms with Crippen LogP contribution in [0.4, 0.5) is 24.8 Å². The number of hydrogen-bond donors (Lipinski definition) is 2. The SMILES string of the molecule is CC1CC(n2cncc2-c2nc(Nc3ccc(C(=O)NCCN4CCC(F)(F)C4)cc3)ncc2F)CCO1. The van der Waals surface area contributed by atoms with Gasteiger partial charge in [-0.3, -0.25) is 9.69 Å². The number of amides is 1. The number of halogens is 3. The molecule has 3 aromatic rings. The van der Waals surface area contributed by atoms with Crippen LogP contribution < -0.4 is 10.6 Å². The topological polar surface area (TPSA) is 97.2 Å². The first-order valence-corrected chi connectivity index (χ1v) is 12.7. The molecule has 5 rings (SSSR count). The Morgan fingerprint density at radius 1 is 1.24 bits per heavy atom. The van der Waals surface area contributed by atoms with Crippen molar-refractivity contribution < 1.29 is 22.7 Å². The second-order valence-electron chi connectivity index (χ2n) is 9.78. The summed E-state index contributed by atoms with van der Waals surface area (Å²) < 4.78 is 48.9. The van der Waals surface area contributed by atoms with Gasteiger partial charge in [0.1, 0.15) is 5.69 Å². The fraction of sp³-hybridized carbons (Fsp3) is 0.462. The highest BCUT2D eigenvalue weighted by atomic mass is 19.3. The summed E-state index contributed by atoms with van der Waals surface area (Å²) in [4.78, 5) is 26.8. The fourth-order valence-corrected chi connectivity index (χ4v) is 4.87. The average molecular weight is 530 g/mol. The molecule has 9 nitrogen and oxygen atoms in total. The van der Waals surface area contributed by atoms with Crippen LogP contribution >= 0.6 is 0 Å². The minimum Gasteiger partial charge on any atom is -0.378 e. The molecular formula is C26H30F3N7O2. The van der Waals surface area contributed by atoms with E-state index in [4.69, 9.17) is 4.74 Å². The van der Waals surface area contributed by atoms with E-state index in [1.54, 1.807) is 41.7 Å². The Hall–Kier alpha value is -3.51. The van der Waals surface area contributed by atoms with E-state index in [0.29, 0.717) is 36.6 Å². The van der Waals surface area contributed by atoms with Crippen LogP contribution in [0.15, 0.2) is 43.0 Å². The number of benzene rings is 1. The molecule has 0 aliphatic carbocycles.